The van der Waals surface area contributed by atoms with Crippen molar-refractivity contribution in [1.82, 2.24) is 9.80 Å². The second-order valence-electron chi connectivity index (χ2n) is 5.48. The molecule has 126 valence electrons. The van der Waals surface area contributed by atoms with Crippen LogP contribution in [0.5, 0.6) is 0 Å². The fourth-order valence-electron chi connectivity index (χ4n) is 2.76. The number of methoxy groups -OCH3 is 1. The Kier molecular flexibility index (Phi) is 10.4. The number of carbonyl (C=O) groups is 1. The third-order valence-corrected chi connectivity index (χ3v) is 4.04. The lowest BCUT2D eigenvalue weighted by atomic mass is 10.0. The zero-order valence-corrected chi connectivity index (χ0v) is 14.9. The number of likely N-dealkylation sites (N-methyl/N-ethyl adjacent to an activating group) is 1. The van der Waals surface area contributed by atoms with Gasteiger partial charge >= 0.3 is 5.97 Å². The van der Waals surface area contributed by atoms with E-state index in [0.717, 1.165) is 32.5 Å². The van der Waals surface area contributed by atoms with Crippen LogP contribution in [-0.2, 0) is 16.1 Å². The van der Waals surface area contributed by atoms with Crippen LogP contribution in [0.25, 0.3) is 0 Å². The molecule has 6 heteroatoms. The quantitative estimate of drug-likeness (QED) is 0.765. The molecular formula is C16H26Cl2N2O2. The summed E-state index contributed by atoms with van der Waals surface area (Å²) in [4.78, 5) is 15.9. The van der Waals surface area contributed by atoms with Gasteiger partial charge in [-0.05, 0) is 38.5 Å². The summed E-state index contributed by atoms with van der Waals surface area (Å²) in [7, 11) is 3.45. The molecule has 0 bridgehead atoms. The minimum atomic E-state index is -0.154. The van der Waals surface area contributed by atoms with E-state index in [1.165, 1.54) is 12.7 Å². The molecule has 0 spiro atoms. The fourth-order valence-corrected chi connectivity index (χ4v) is 2.76. The smallest absolute Gasteiger partial charge is 0.319 e. The van der Waals surface area contributed by atoms with Crippen molar-refractivity contribution in [2.75, 3.05) is 33.8 Å². The number of hydrogen-bond acceptors (Lipinski definition) is 4. The topological polar surface area (TPSA) is 32.8 Å². The van der Waals surface area contributed by atoms with Gasteiger partial charge in [0, 0.05) is 12.6 Å². The number of piperidine rings is 1. The molecule has 22 heavy (non-hydrogen) atoms. The van der Waals surface area contributed by atoms with Crippen LogP contribution in [0, 0.1) is 0 Å². The first-order valence-electron chi connectivity index (χ1n) is 7.22. The number of hydrogen-bond donors (Lipinski definition) is 0. The van der Waals surface area contributed by atoms with Gasteiger partial charge in [-0.2, -0.15) is 0 Å². The summed E-state index contributed by atoms with van der Waals surface area (Å²) in [6.45, 7) is 3.59. The van der Waals surface area contributed by atoms with Crippen LogP contribution >= 0.6 is 24.8 Å². The van der Waals surface area contributed by atoms with Gasteiger partial charge in [-0.1, -0.05) is 30.3 Å². The molecule has 0 amide bonds. The van der Waals surface area contributed by atoms with Crippen molar-refractivity contribution in [1.29, 1.82) is 0 Å². The molecule has 0 aromatic heterocycles. The van der Waals surface area contributed by atoms with Crippen LogP contribution < -0.4 is 0 Å². The molecule has 0 aliphatic carbocycles. The monoisotopic (exact) mass is 348 g/mol. The van der Waals surface area contributed by atoms with Crippen molar-refractivity contribution >= 4 is 30.8 Å². The van der Waals surface area contributed by atoms with Crippen molar-refractivity contribution in [2.45, 2.75) is 25.4 Å². The average Bonchev–Trinajstić information content (AvgIpc) is 2.49. The standard InChI is InChI=1S/C16H24N2O2.2ClH/c1-17(13-16(19)20-2)15-8-10-18(11-9-15)12-14-6-4-3-5-7-14;;/h3-7,15H,8-13H2,1-2H3;2*1H. The van der Waals surface area contributed by atoms with Gasteiger partial charge < -0.3 is 4.74 Å². The minimum Gasteiger partial charge on any atom is -0.468 e. The maximum Gasteiger partial charge on any atom is 0.319 e. The molecule has 0 saturated carbocycles. The Morgan fingerprint density at radius 1 is 1.23 bits per heavy atom. The Hall–Kier alpha value is -0.810. The zero-order chi connectivity index (χ0) is 14.4. The summed E-state index contributed by atoms with van der Waals surface area (Å²) in [6.07, 6.45) is 2.22. The second kappa shape index (κ2) is 10.8. The van der Waals surface area contributed by atoms with E-state index in [1.54, 1.807) is 0 Å². The Balaban J connectivity index is 0.00000220. The van der Waals surface area contributed by atoms with Gasteiger partial charge in [0.05, 0.1) is 13.7 Å². The van der Waals surface area contributed by atoms with Gasteiger partial charge in [0.1, 0.15) is 0 Å². The number of nitrogens with zero attached hydrogens (tertiary/aromatic N) is 2. The van der Waals surface area contributed by atoms with Crippen LogP contribution in [-0.4, -0.2) is 55.6 Å². The molecule has 1 fully saturated rings. The minimum absolute atomic E-state index is 0. The summed E-state index contributed by atoms with van der Waals surface area (Å²) < 4.78 is 4.72. The number of benzene rings is 1. The summed E-state index contributed by atoms with van der Waals surface area (Å²) in [6, 6.07) is 11.1. The van der Waals surface area contributed by atoms with Gasteiger partial charge in [0.2, 0.25) is 0 Å². The van der Waals surface area contributed by atoms with Crippen molar-refractivity contribution < 1.29 is 9.53 Å². The Labute approximate surface area is 145 Å². The maximum atomic E-state index is 11.3. The van der Waals surface area contributed by atoms with Gasteiger partial charge in [0.15, 0.2) is 0 Å². The molecule has 0 unspecified atom stereocenters. The summed E-state index contributed by atoms with van der Waals surface area (Å²) in [5.41, 5.74) is 1.37. The van der Waals surface area contributed by atoms with Crippen LogP contribution in [0.2, 0.25) is 0 Å². The van der Waals surface area contributed by atoms with Crippen LogP contribution in [0.15, 0.2) is 30.3 Å². The van der Waals surface area contributed by atoms with Gasteiger partial charge in [-0.15, -0.1) is 24.8 Å². The highest BCUT2D eigenvalue weighted by molar-refractivity contribution is 5.85. The van der Waals surface area contributed by atoms with Crippen LogP contribution in [0.3, 0.4) is 0 Å². The molecular weight excluding hydrogens is 323 g/mol. The normalized spacial score (nSPS) is 15.8. The number of carbonyl (C=O) groups excluding carboxylic acids is 1. The molecule has 1 aliphatic rings. The van der Waals surface area contributed by atoms with Crippen LogP contribution in [0.4, 0.5) is 0 Å². The highest BCUT2D eigenvalue weighted by Gasteiger charge is 2.23. The second-order valence-corrected chi connectivity index (χ2v) is 5.48. The number of esters is 1. The molecule has 1 saturated heterocycles. The summed E-state index contributed by atoms with van der Waals surface area (Å²) >= 11 is 0. The third-order valence-electron chi connectivity index (χ3n) is 4.04. The number of halogens is 2. The summed E-state index contributed by atoms with van der Waals surface area (Å²) in [5, 5.41) is 0. The predicted octanol–water partition coefficient (Wildman–Crippen LogP) is 2.60. The molecule has 1 aromatic rings. The van der Waals surface area contributed by atoms with Crippen LogP contribution in [0.1, 0.15) is 18.4 Å². The van der Waals surface area contributed by atoms with E-state index in [2.05, 4.69) is 40.1 Å². The Morgan fingerprint density at radius 3 is 2.36 bits per heavy atom. The Bertz CT molecular complexity index is 423. The summed E-state index contributed by atoms with van der Waals surface area (Å²) in [5.74, 6) is -0.154. The van der Waals surface area contributed by atoms with E-state index < -0.39 is 0 Å². The predicted molar refractivity (Wildman–Crippen MR) is 93.9 cm³/mol. The number of rotatable bonds is 5. The van der Waals surface area contributed by atoms with Crippen molar-refractivity contribution in [3.8, 4) is 0 Å². The molecule has 4 nitrogen and oxygen atoms in total. The highest BCUT2D eigenvalue weighted by atomic mass is 35.5. The van der Waals surface area contributed by atoms with E-state index >= 15 is 0 Å². The lowest BCUT2D eigenvalue weighted by Gasteiger charge is -2.36. The van der Waals surface area contributed by atoms with E-state index in [1.807, 2.05) is 7.05 Å². The molecule has 0 N–H and O–H groups in total. The molecule has 0 atom stereocenters. The molecule has 1 heterocycles. The molecule has 1 aliphatic heterocycles. The third kappa shape index (κ3) is 6.53. The molecule has 0 radical (unpaired) electrons. The highest BCUT2D eigenvalue weighted by Crippen LogP contribution is 2.17. The first kappa shape index (κ1) is 21.2. The zero-order valence-electron chi connectivity index (χ0n) is 13.2. The fraction of sp³-hybridized carbons (Fsp3) is 0.562. The van der Waals surface area contributed by atoms with Crippen molar-refractivity contribution in [2.24, 2.45) is 0 Å². The first-order valence-corrected chi connectivity index (χ1v) is 7.22. The van der Waals surface area contributed by atoms with Gasteiger partial charge in [-0.3, -0.25) is 14.6 Å². The average molecular weight is 349 g/mol. The number of ether oxygens (including phenoxy) is 1. The number of likely N-dealkylation sites (tertiary alicyclic amines) is 1. The van der Waals surface area contributed by atoms with Crippen molar-refractivity contribution in [3.63, 3.8) is 0 Å². The van der Waals surface area contributed by atoms with E-state index in [0.29, 0.717) is 12.6 Å². The van der Waals surface area contributed by atoms with Crippen molar-refractivity contribution in [3.05, 3.63) is 35.9 Å². The first-order chi connectivity index (χ1) is 9.69. The van der Waals surface area contributed by atoms with E-state index in [4.69, 9.17) is 4.74 Å². The lowest BCUT2D eigenvalue weighted by Crippen LogP contribution is -2.44. The Morgan fingerprint density at radius 2 is 1.82 bits per heavy atom. The van der Waals surface area contributed by atoms with Gasteiger partial charge in [-0.25, -0.2) is 0 Å². The SMILES string of the molecule is COC(=O)CN(C)C1CCN(Cc2ccccc2)CC1.Cl.Cl. The molecule has 1 aromatic carbocycles. The largest absolute Gasteiger partial charge is 0.468 e. The van der Waals surface area contributed by atoms with E-state index in [-0.39, 0.29) is 30.8 Å². The van der Waals surface area contributed by atoms with E-state index in [9.17, 15) is 4.79 Å². The maximum absolute atomic E-state index is 11.3. The van der Waals surface area contributed by atoms with Gasteiger partial charge in [0.25, 0.3) is 0 Å². The molecule has 2 rings (SSSR count). The lowest BCUT2D eigenvalue weighted by molar-refractivity contribution is -0.142.